The zero-order chi connectivity index (χ0) is 11.6. The third kappa shape index (κ3) is 2.94. The van der Waals surface area contributed by atoms with E-state index in [9.17, 15) is 13.6 Å². The summed E-state index contributed by atoms with van der Waals surface area (Å²) < 4.78 is 27.8. The van der Waals surface area contributed by atoms with E-state index in [1.807, 2.05) is 0 Å². The van der Waals surface area contributed by atoms with Crippen molar-refractivity contribution in [2.75, 3.05) is 0 Å². The predicted octanol–water partition coefficient (Wildman–Crippen LogP) is 3.29. The topological polar surface area (TPSA) is 46.5 Å². The van der Waals surface area contributed by atoms with Crippen LogP contribution in [-0.2, 0) is 0 Å². The van der Waals surface area contributed by atoms with Crippen LogP contribution in [0.5, 0.6) is 5.75 Å². The van der Waals surface area contributed by atoms with Crippen LogP contribution in [0.3, 0.4) is 0 Å². The molecular formula is C8H4Cl2F2O3. The quantitative estimate of drug-likeness (QED) is 0.903. The normalized spacial score (nSPS) is 10.5. The summed E-state index contributed by atoms with van der Waals surface area (Å²) in [4.78, 5) is 10.5. The molecule has 15 heavy (non-hydrogen) atoms. The summed E-state index contributed by atoms with van der Waals surface area (Å²) in [5, 5.41) is 8.05. The van der Waals surface area contributed by atoms with Crippen LogP contribution in [0.15, 0.2) is 12.1 Å². The number of hydrogen-bond acceptors (Lipinski definition) is 2. The molecule has 82 valence electrons. The van der Waals surface area contributed by atoms with Gasteiger partial charge in [-0.25, -0.2) is 4.79 Å². The number of carboxylic acid groups (broad SMARTS) is 1. The highest BCUT2D eigenvalue weighted by Crippen LogP contribution is 2.35. The molecule has 0 amide bonds. The molecule has 0 aliphatic heterocycles. The number of carbonyl (C=O) groups is 1. The molecule has 0 aromatic heterocycles. The van der Waals surface area contributed by atoms with Gasteiger partial charge in [0.15, 0.2) is 5.75 Å². The molecule has 0 atom stereocenters. The van der Waals surface area contributed by atoms with Gasteiger partial charge in [-0.3, -0.25) is 0 Å². The molecule has 1 aromatic carbocycles. The van der Waals surface area contributed by atoms with Crippen molar-refractivity contribution in [3.8, 4) is 5.75 Å². The van der Waals surface area contributed by atoms with Crippen molar-refractivity contribution in [3.05, 3.63) is 27.7 Å². The summed E-state index contributed by atoms with van der Waals surface area (Å²) in [6, 6.07) is 1.96. The van der Waals surface area contributed by atoms with Gasteiger partial charge in [-0.1, -0.05) is 23.2 Å². The van der Waals surface area contributed by atoms with Crippen LogP contribution < -0.4 is 4.74 Å². The average molecular weight is 257 g/mol. The van der Waals surface area contributed by atoms with E-state index in [4.69, 9.17) is 28.3 Å². The van der Waals surface area contributed by atoms with E-state index in [1.54, 1.807) is 0 Å². The second kappa shape index (κ2) is 4.63. The number of benzene rings is 1. The van der Waals surface area contributed by atoms with Gasteiger partial charge in [-0.2, -0.15) is 8.78 Å². The van der Waals surface area contributed by atoms with E-state index >= 15 is 0 Å². The summed E-state index contributed by atoms with van der Waals surface area (Å²) in [7, 11) is 0. The SMILES string of the molecule is O=C(O)c1cc(Cl)c(OC(F)F)c(Cl)c1. The maximum atomic E-state index is 11.9. The van der Waals surface area contributed by atoms with Crippen LogP contribution >= 0.6 is 23.2 Å². The molecular weight excluding hydrogens is 253 g/mol. The number of rotatable bonds is 3. The molecule has 0 fully saturated rings. The van der Waals surface area contributed by atoms with E-state index in [0.717, 1.165) is 12.1 Å². The Labute approximate surface area is 93.2 Å². The Kier molecular flexibility index (Phi) is 3.71. The van der Waals surface area contributed by atoms with Gasteiger partial charge in [-0.05, 0) is 12.1 Å². The smallest absolute Gasteiger partial charge is 0.387 e. The van der Waals surface area contributed by atoms with Crippen molar-refractivity contribution < 1.29 is 23.4 Å². The first-order chi connectivity index (χ1) is 6.91. The molecule has 0 radical (unpaired) electrons. The molecule has 7 heteroatoms. The monoisotopic (exact) mass is 256 g/mol. The number of ether oxygens (including phenoxy) is 1. The first-order valence-corrected chi connectivity index (χ1v) is 4.34. The first-order valence-electron chi connectivity index (χ1n) is 3.59. The number of halogens is 4. The zero-order valence-corrected chi connectivity index (χ0v) is 8.52. The molecule has 0 unspecified atom stereocenters. The second-order valence-corrected chi connectivity index (χ2v) is 3.27. The maximum Gasteiger partial charge on any atom is 0.387 e. The largest absolute Gasteiger partial charge is 0.478 e. The standard InChI is InChI=1S/C8H4Cl2F2O3/c9-4-1-3(7(13)14)2-5(10)6(4)15-8(11)12/h1-2,8H,(H,13,14). The van der Waals surface area contributed by atoms with Crippen LogP contribution in [0.4, 0.5) is 8.78 Å². The zero-order valence-electron chi connectivity index (χ0n) is 7.01. The molecule has 0 aliphatic carbocycles. The van der Waals surface area contributed by atoms with E-state index in [0.29, 0.717) is 0 Å². The van der Waals surface area contributed by atoms with Gasteiger partial charge < -0.3 is 9.84 Å². The summed E-state index contributed by atoms with van der Waals surface area (Å²) in [6.45, 7) is -3.07. The first kappa shape index (κ1) is 12.0. The van der Waals surface area contributed by atoms with Gasteiger partial charge in [0.1, 0.15) is 0 Å². The van der Waals surface area contributed by atoms with Crippen molar-refractivity contribution in [2.24, 2.45) is 0 Å². The van der Waals surface area contributed by atoms with Crippen LogP contribution in [0, 0.1) is 0 Å². The minimum absolute atomic E-state index is 0.202. The lowest BCUT2D eigenvalue weighted by atomic mass is 10.2. The summed E-state index contributed by atoms with van der Waals surface area (Å²) in [5.41, 5.74) is -0.202. The van der Waals surface area contributed by atoms with Gasteiger partial charge in [0, 0.05) is 0 Å². The third-order valence-electron chi connectivity index (χ3n) is 1.45. The summed E-state index contributed by atoms with van der Waals surface area (Å²) in [6.07, 6.45) is 0. The highest BCUT2D eigenvalue weighted by molar-refractivity contribution is 6.37. The van der Waals surface area contributed by atoms with Crippen molar-refractivity contribution in [1.29, 1.82) is 0 Å². The molecule has 1 N–H and O–H groups in total. The summed E-state index contributed by atoms with van der Waals surface area (Å²) in [5.74, 6) is -1.69. The lowest BCUT2D eigenvalue weighted by Crippen LogP contribution is -2.04. The lowest BCUT2D eigenvalue weighted by Gasteiger charge is -2.09. The fourth-order valence-corrected chi connectivity index (χ4v) is 1.46. The van der Waals surface area contributed by atoms with Crippen LogP contribution in [0.2, 0.25) is 10.0 Å². The Hall–Kier alpha value is -1.07. The van der Waals surface area contributed by atoms with Crippen molar-refractivity contribution in [1.82, 2.24) is 0 Å². The molecule has 0 heterocycles. The Morgan fingerprint density at radius 1 is 1.33 bits per heavy atom. The fourth-order valence-electron chi connectivity index (χ4n) is 0.885. The van der Waals surface area contributed by atoms with Crippen LogP contribution in [0.25, 0.3) is 0 Å². The molecule has 0 saturated heterocycles. The van der Waals surface area contributed by atoms with Crippen LogP contribution in [-0.4, -0.2) is 17.7 Å². The van der Waals surface area contributed by atoms with E-state index in [2.05, 4.69) is 4.74 Å². The minimum atomic E-state index is -3.07. The van der Waals surface area contributed by atoms with Gasteiger partial charge in [0.05, 0.1) is 15.6 Å². The maximum absolute atomic E-state index is 11.9. The van der Waals surface area contributed by atoms with Crippen molar-refractivity contribution in [3.63, 3.8) is 0 Å². The minimum Gasteiger partial charge on any atom is -0.478 e. The number of carboxylic acids is 1. The Bertz CT molecular complexity index is 372. The molecule has 1 rings (SSSR count). The van der Waals surface area contributed by atoms with E-state index < -0.39 is 18.3 Å². The number of aromatic carboxylic acids is 1. The third-order valence-corrected chi connectivity index (χ3v) is 2.01. The molecule has 0 aliphatic rings. The molecule has 3 nitrogen and oxygen atoms in total. The van der Waals surface area contributed by atoms with Gasteiger partial charge in [0.25, 0.3) is 0 Å². The second-order valence-electron chi connectivity index (χ2n) is 2.45. The number of alkyl halides is 2. The lowest BCUT2D eigenvalue weighted by molar-refractivity contribution is -0.0497. The van der Waals surface area contributed by atoms with Gasteiger partial charge >= 0.3 is 12.6 Å². The highest BCUT2D eigenvalue weighted by Gasteiger charge is 2.16. The predicted molar refractivity (Wildman–Crippen MR) is 50.1 cm³/mol. The van der Waals surface area contributed by atoms with Crippen molar-refractivity contribution >= 4 is 29.2 Å². The molecule has 0 spiro atoms. The molecule has 0 saturated carbocycles. The Morgan fingerprint density at radius 2 is 1.80 bits per heavy atom. The average Bonchev–Trinajstić information content (AvgIpc) is 2.10. The Balaban J connectivity index is 3.15. The fraction of sp³-hybridized carbons (Fsp3) is 0.125. The summed E-state index contributed by atoms with van der Waals surface area (Å²) >= 11 is 11.0. The van der Waals surface area contributed by atoms with Gasteiger partial charge in [-0.15, -0.1) is 0 Å². The van der Waals surface area contributed by atoms with E-state index in [-0.39, 0.29) is 15.6 Å². The highest BCUT2D eigenvalue weighted by atomic mass is 35.5. The molecule has 0 bridgehead atoms. The Morgan fingerprint density at radius 3 is 2.13 bits per heavy atom. The van der Waals surface area contributed by atoms with Crippen LogP contribution in [0.1, 0.15) is 10.4 Å². The molecule has 1 aromatic rings. The number of hydrogen-bond donors (Lipinski definition) is 1. The van der Waals surface area contributed by atoms with Gasteiger partial charge in [0.2, 0.25) is 0 Å². The van der Waals surface area contributed by atoms with E-state index in [1.165, 1.54) is 0 Å². The van der Waals surface area contributed by atoms with Crippen molar-refractivity contribution in [2.45, 2.75) is 6.61 Å².